The molecular weight excluding hydrogens is 459 g/mol. The van der Waals surface area contributed by atoms with Gasteiger partial charge in [0.15, 0.2) is 10.8 Å². The molecule has 0 spiro atoms. The number of aromatic nitrogens is 3. The predicted octanol–water partition coefficient (Wildman–Crippen LogP) is 2.07. The van der Waals surface area contributed by atoms with Gasteiger partial charge in [0.05, 0.1) is 15.2 Å². The van der Waals surface area contributed by atoms with E-state index in [0.29, 0.717) is 27.6 Å². The molecule has 1 atom stereocenters. The lowest BCUT2D eigenvalue weighted by atomic mass is 10.2. The molecule has 31 heavy (non-hydrogen) atoms. The Balaban J connectivity index is 1.61. The Labute approximate surface area is 177 Å². The van der Waals surface area contributed by atoms with Crippen LogP contribution < -0.4 is 4.90 Å². The van der Waals surface area contributed by atoms with Gasteiger partial charge in [-0.1, -0.05) is 11.3 Å². The molecule has 4 rings (SSSR count). The van der Waals surface area contributed by atoms with Gasteiger partial charge in [-0.05, 0) is 24.3 Å². The number of carbonyl (C=O) groups is 1. The van der Waals surface area contributed by atoms with E-state index in [-0.39, 0.29) is 19.6 Å². The number of carboxylic acids is 1. The van der Waals surface area contributed by atoms with Crippen molar-refractivity contribution in [1.29, 1.82) is 0 Å². The fraction of sp³-hybridized carbons (Fsp3) is 0.294. The minimum absolute atomic E-state index is 0.150. The number of aliphatic carboxylic acids is 1. The maximum Gasteiger partial charge on any atom is 0.416 e. The molecule has 1 aromatic carbocycles. The van der Waals surface area contributed by atoms with E-state index in [0.717, 1.165) is 16.4 Å². The molecule has 9 nitrogen and oxygen atoms in total. The number of alkyl halides is 3. The van der Waals surface area contributed by atoms with Crippen LogP contribution >= 0.6 is 11.3 Å². The minimum Gasteiger partial charge on any atom is -0.480 e. The third-order valence-electron chi connectivity index (χ3n) is 4.74. The number of nitrogens with zero attached hydrogens (tertiary/aromatic N) is 5. The van der Waals surface area contributed by atoms with Gasteiger partial charge in [-0.15, -0.1) is 0 Å². The van der Waals surface area contributed by atoms with Crippen LogP contribution in [0.25, 0.3) is 10.3 Å². The Bertz CT molecular complexity index is 1200. The first-order valence-electron chi connectivity index (χ1n) is 8.81. The molecular formula is C17H14F3N5O4S2. The van der Waals surface area contributed by atoms with Gasteiger partial charge in [-0.25, -0.2) is 18.4 Å². The summed E-state index contributed by atoms with van der Waals surface area (Å²) in [5, 5.41) is 10.1. The number of benzene rings is 1. The fourth-order valence-corrected chi connectivity index (χ4v) is 5.69. The Morgan fingerprint density at radius 3 is 2.52 bits per heavy atom. The standard InChI is InChI=1S/C17H14F3N5O4S2/c18-17(19,20)10-1-3-11(4-2-10)31(28,29)25-6-5-24(8-12(25)15(26)27)16-23-14-13(30-16)7-21-9-22-14/h1-4,7,9,12H,5-6,8H2,(H,26,27)/t12-/m1/s1. The van der Waals surface area contributed by atoms with Crippen LogP contribution in [-0.4, -0.2) is 64.4 Å². The highest BCUT2D eigenvalue weighted by Crippen LogP contribution is 2.32. The van der Waals surface area contributed by atoms with Crippen molar-refractivity contribution in [2.24, 2.45) is 0 Å². The number of rotatable bonds is 4. The van der Waals surface area contributed by atoms with Crippen molar-refractivity contribution in [3.63, 3.8) is 0 Å². The van der Waals surface area contributed by atoms with E-state index in [4.69, 9.17) is 0 Å². The van der Waals surface area contributed by atoms with Crippen LogP contribution in [0.5, 0.6) is 0 Å². The van der Waals surface area contributed by atoms with Crippen LogP contribution in [0.3, 0.4) is 0 Å². The smallest absolute Gasteiger partial charge is 0.416 e. The van der Waals surface area contributed by atoms with E-state index in [2.05, 4.69) is 15.0 Å². The molecule has 0 saturated carbocycles. The van der Waals surface area contributed by atoms with Crippen molar-refractivity contribution in [2.45, 2.75) is 17.1 Å². The lowest BCUT2D eigenvalue weighted by molar-refractivity contribution is -0.141. The van der Waals surface area contributed by atoms with E-state index >= 15 is 0 Å². The number of piperazine rings is 1. The van der Waals surface area contributed by atoms with Crippen LogP contribution in [0.15, 0.2) is 41.7 Å². The van der Waals surface area contributed by atoms with Crippen molar-refractivity contribution < 1.29 is 31.5 Å². The van der Waals surface area contributed by atoms with E-state index < -0.39 is 38.7 Å². The van der Waals surface area contributed by atoms with Gasteiger partial charge >= 0.3 is 12.1 Å². The Morgan fingerprint density at radius 2 is 1.90 bits per heavy atom. The molecule has 1 N–H and O–H groups in total. The van der Waals surface area contributed by atoms with Crippen LogP contribution in [0, 0.1) is 0 Å². The molecule has 1 saturated heterocycles. The number of halogens is 3. The zero-order valence-electron chi connectivity index (χ0n) is 15.5. The normalized spacial score (nSPS) is 18.4. The number of hydrogen-bond acceptors (Lipinski definition) is 8. The summed E-state index contributed by atoms with van der Waals surface area (Å²) in [6.45, 7) is -0.207. The molecule has 2 aromatic heterocycles. The summed E-state index contributed by atoms with van der Waals surface area (Å²) < 4.78 is 65.7. The molecule has 3 aromatic rings. The Morgan fingerprint density at radius 1 is 1.19 bits per heavy atom. The third-order valence-corrected chi connectivity index (χ3v) is 7.70. The predicted molar refractivity (Wildman–Crippen MR) is 104 cm³/mol. The maximum atomic E-state index is 13.0. The lowest BCUT2D eigenvalue weighted by Crippen LogP contribution is -2.58. The van der Waals surface area contributed by atoms with Gasteiger partial charge in [0, 0.05) is 25.8 Å². The molecule has 0 bridgehead atoms. The number of sulfonamides is 1. The third kappa shape index (κ3) is 4.05. The Hall–Kier alpha value is -2.84. The van der Waals surface area contributed by atoms with E-state index in [9.17, 15) is 31.5 Å². The number of hydrogen-bond donors (Lipinski definition) is 1. The van der Waals surface area contributed by atoms with Gasteiger partial charge in [0.1, 0.15) is 12.4 Å². The highest BCUT2D eigenvalue weighted by Gasteiger charge is 2.41. The van der Waals surface area contributed by atoms with Crippen LogP contribution in [-0.2, 0) is 21.0 Å². The van der Waals surface area contributed by atoms with Gasteiger partial charge < -0.3 is 10.0 Å². The number of carboxylic acid groups (broad SMARTS) is 1. The molecule has 0 aliphatic carbocycles. The summed E-state index contributed by atoms with van der Waals surface area (Å²) in [6, 6.07) is 1.52. The minimum atomic E-state index is -4.61. The second kappa shape index (κ2) is 7.69. The van der Waals surface area contributed by atoms with Crippen molar-refractivity contribution in [1.82, 2.24) is 19.3 Å². The lowest BCUT2D eigenvalue weighted by Gasteiger charge is -2.38. The first-order valence-corrected chi connectivity index (χ1v) is 11.1. The zero-order valence-corrected chi connectivity index (χ0v) is 17.2. The van der Waals surface area contributed by atoms with E-state index in [1.165, 1.54) is 17.7 Å². The van der Waals surface area contributed by atoms with E-state index in [1.807, 2.05) is 0 Å². The van der Waals surface area contributed by atoms with Gasteiger partial charge in [-0.3, -0.25) is 4.79 Å². The molecule has 1 aliphatic heterocycles. The highest BCUT2D eigenvalue weighted by molar-refractivity contribution is 7.89. The highest BCUT2D eigenvalue weighted by atomic mass is 32.2. The molecule has 14 heteroatoms. The maximum absolute atomic E-state index is 13.0. The van der Waals surface area contributed by atoms with Gasteiger partial charge in [-0.2, -0.15) is 22.5 Å². The molecule has 0 amide bonds. The number of fused-ring (bicyclic) bond motifs is 1. The molecule has 0 unspecified atom stereocenters. The number of thiazole rings is 1. The number of anilines is 1. The summed E-state index contributed by atoms with van der Waals surface area (Å²) in [4.78, 5) is 25.4. The molecule has 1 aliphatic rings. The average molecular weight is 473 g/mol. The van der Waals surface area contributed by atoms with Crippen molar-refractivity contribution in [3.8, 4) is 0 Å². The monoisotopic (exact) mass is 473 g/mol. The van der Waals surface area contributed by atoms with Crippen molar-refractivity contribution in [3.05, 3.63) is 42.4 Å². The van der Waals surface area contributed by atoms with Crippen molar-refractivity contribution >= 4 is 42.8 Å². The SMILES string of the molecule is O=C(O)[C@H]1CN(c2nc3ncncc3s2)CCN1S(=O)(=O)c1ccc(C(F)(F)F)cc1. The summed E-state index contributed by atoms with van der Waals surface area (Å²) in [5.41, 5.74) is -0.549. The Kier molecular flexibility index (Phi) is 5.31. The largest absolute Gasteiger partial charge is 0.480 e. The molecule has 0 radical (unpaired) electrons. The summed E-state index contributed by atoms with van der Waals surface area (Å²) in [6.07, 6.45) is -1.71. The summed E-state index contributed by atoms with van der Waals surface area (Å²) in [7, 11) is -4.33. The molecule has 1 fully saturated rings. The summed E-state index contributed by atoms with van der Waals surface area (Å²) >= 11 is 1.25. The average Bonchev–Trinajstić information content (AvgIpc) is 3.17. The topological polar surface area (TPSA) is 117 Å². The van der Waals surface area contributed by atoms with Gasteiger partial charge in [0.25, 0.3) is 0 Å². The van der Waals surface area contributed by atoms with E-state index in [1.54, 1.807) is 11.1 Å². The first kappa shape index (κ1) is 21.4. The first-order chi connectivity index (χ1) is 14.6. The summed E-state index contributed by atoms with van der Waals surface area (Å²) in [5.74, 6) is -1.37. The zero-order chi connectivity index (χ0) is 22.4. The van der Waals surface area contributed by atoms with Crippen LogP contribution in [0.2, 0.25) is 0 Å². The second-order valence-electron chi connectivity index (χ2n) is 6.64. The van der Waals surface area contributed by atoms with Crippen LogP contribution in [0.1, 0.15) is 5.56 Å². The van der Waals surface area contributed by atoms with Gasteiger partial charge in [0.2, 0.25) is 10.0 Å². The van der Waals surface area contributed by atoms with Crippen molar-refractivity contribution in [2.75, 3.05) is 24.5 Å². The molecule has 164 valence electrons. The fourth-order valence-electron chi connectivity index (χ4n) is 3.19. The quantitative estimate of drug-likeness (QED) is 0.612. The molecule has 3 heterocycles. The van der Waals surface area contributed by atoms with Crippen LogP contribution in [0.4, 0.5) is 18.3 Å². The second-order valence-corrected chi connectivity index (χ2v) is 9.54.